The predicted octanol–water partition coefficient (Wildman–Crippen LogP) is 4.84. The molecule has 0 bridgehead atoms. The van der Waals surface area contributed by atoms with Crippen molar-refractivity contribution in [2.75, 3.05) is 0 Å². The van der Waals surface area contributed by atoms with Gasteiger partial charge in [-0.3, -0.25) is 4.57 Å². The van der Waals surface area contributed by atoms with Crippen LogP contribution in [0.5, 0.6) is 0 Å². The van der Waals surface area contributed by atoms with Crippen molar-refractivity contribution >= 4 is 34.2 Å². The first-order valence-corrected chi connectivity index (χ1v) is 6.79. The summed E-state index contributed by atoms with van der Waals surface area (Å²) in [4.78, 5) is 4.03. The summed E-state index contributed by atoms with van der Waals surface area (Å²) in [6.07, 6.45) is 0. The molecule has 0 spiro atoms. The number of benzene rings is 2. The van der Waals surface area contributed by atoms with E-state index in [0.717, 1.165) is 18.2 Å². The minimum absolute atomic E-state index is 0.0348. The molecular weight excluding hydrogens is 324 g/mol. The highest BCUT2D eigenvalue weighted by Gasteiger charge is 2.17. The van der Waals surface area contributed by atoms with Crippen molar-refractivity contribution in [2.24, 2.45) is 0 Å². The highest BCUT2D eigenvalue weighted by molar-refractivity contribution is 6.30. The van der Waals surface area contributed by atoms with Crippen LogP contribution in [0.25, 0.3) is 16.7 Å². The van der Waals surface area contributed by atoms with E-state index in [2.05, 4.69) is 4.98 Å². The lowest BCUT2D eigenvalue weighted by Gasteiger charge is -2.08. The Balaban J connectivity index is 2.39. The molecule has 2 nitrogen and oxygen atoms in total. The van der Waals surface area contributed by atoms with E-state index >= 15 is 0 Å². The molecule has 0 saturated heterocycles. The third-order valence-corrected chi connectivity index (χ3v) is 3.43. The van der Waals surface area contributed by atoms with Crippen molar-refractivity contribution in [1.82, 2.24) is 9.55 Å². The molecule has 0 fully saturated rings. The summed E-state index contributed by atoms with van der Waals surface area (Å²) in [6.45, 7) is 0. The van der Waals surface area contributed by atoms with E-state index < -0.39 is 17.5 Å². The van der Waals surface area contributed by atoms with Crippen molar-refractivity contribution in [2.45, 2.75) is 5.88 Å². The summed E-state index contributed by atoms with van der Waals surface area (Å²) in [7, 11) is 0. The van der Waals surface area contributed by atoms with Gasteiger partial charge in [-0.05, 0) is 18.2 Å². The fourth-order valence-electron chi connectivity index (χ4n) is 2.20. The van der Waals surface area contributed by atoms with Crippen molar-refractivity contribution in [1.29, 1.82) is 0 Å². The van der Waals surface area contributed by atoms with E-state index in [1.807, 2.05) is 0 Å². The van der Waals surface area contributed by atoms with Crippen LogP contribution in [0, 0.1) is 17.5 Å². The van der Waals surface area contributed by atoms with Gasteiger partial charge in [0, 0.05) is 17.2 Å². The quantitative estimate of drug-likeness (QED) is 0.615. The lowest BCUT2D eigenvalue weighted by Crippen LogP contribution is -2.00. The highest BCUT2D eigenvalue weighted by atomic mass is 35.5. The molecule has 7 heteroatoms. The largest absolute Gasteiger partial charge is 0.295 e. The molecule has 0 aliphatic carbocycles. The van der Waals surface area contributed by atoms with Crippen molar-refractivity contribution in [3.05, 3.63) is 58.6 Å². The van der Waals surface area contributed by atoms with Gasteiger partial charge in [0.2, 0.25) is 0 Å². The first-order chi connectivity index (χ1) is 9.99. The van der Waals surface area contributed by atoms with Gasteiger partial charge in [-0.25, -0.2) is 18.2 Å². The van der Waals surface area contributed by atoms with Crippen LogP contribution in [0.4, 0.5) is 13.2 Å². The zero-order chi connectivity index (χ0) is 15.1. The number of hydrogen-bond acceptors (Lipinski definition) is 1. The van der Waals surface area contributed by atoms with Crippen LogP contribution >= 0.6 is 23.2 Å². The molecule has 0 atom stereocenters. The monoisotopic (exact) mass is 330 g/mol. The Labute approximate surface area is 127 Å². The molecule has 0 aliphatic rings. The van der Waals surface area contributed by atoms with Gasteiger partial charge >= 0.3 is 0 Å². The van der Waals surface area contributed by atoms with Crippen molar-refractivity contribution < 1.29 is 13.2 Å². The zero-order valence-corrected chi connectivity index (χ0v) is 11.9. The number of imidazole rings is 1. The van der Waals surface area contributed by atoms with Gasteiger partial charge < -0.3 is 0 Å². The van der Waals surface area contributed by atoms with Gasteiger partial charge in [0.25, 0.3) is 0 Å². The molecule has 1 heterocycles. The number of hydrogen-bond donors (Lipinski definition) is 0. The minimum Gasteiger partial charge on any atom is -0.295 e. The maximum absolute atomic E-state index is 13.8. The molecule has 0 unspecified atom stereocenters. The molecule has 3 rings (SSSR count). The van der Waals surface area contributed by atoms with Crippen LogP contribution in [0.3, 0.4) is 0 Å². The van der Waals surface area contributed by atoms with Gasteiger partial charge in [0.05, 0.1) is 17.1 Å². The van der Waals surface area contributed by atoms with Crippen LogP contribution in [-0.4, -0.2) is 9.55 Å². The Morgan fingerprint density at radius 3 is 2.38 bits per heavy atom. The second-order valence-electron chi connectivity index (χ2n) is 4.38. The molecule has 0 N–H and O–H groups in total. The molecular formula is C14H7Cl2F3N2. The summed E-state index contributed by atoms with van der Waals surface area (Å²) in [6, 6.07) is 5.62. The van der Waals surface area contributed by atoms with Crippen LogP contribution in [-0.2, 0) is 5.88 Å². The van der Waals surface area contributed by atoms with E-state index in [1.165, 1.54) is 16.7 Å². The number of rotatable bonds is 2. The van der Waals surface area contributed by atoms with Gasteiger partial charge in [-0.2, -0.15) is 0 Å². The predicted molar refractivity (Wildman–Crippen MR) is 75.5 cm³/mol. The minimum atomic E-state index is -0.808. The molecule has 0 amide bonds. The van der Waals surface area contributed by atoms with E-state index in [1.54, 1.807) is 0 Å². The first-order valence-electron chi connectivity index (χ1n) is 5.88. The average Bonchev–Trinajstić information content (AvgIpc) is 2.76. The smallest absolute Gasteiger partial charge is 0.153 e. The molecule has 1 aromatic heterocycles. The van der Waals surface area contributed by atoms with Gasteiger partial charge in [-0.15, -0.1) is 11.6 Å². The standard InChI is InChI=1S/C14H7Cl2F3N2/c15-6-13-20-14-11(19)4-9(18)5-12(14)21(13)10-2-7(16)1-8(17)3-10/h1-5H,6H2. The molecule has 0 saturated carbocycles. The van der Waals surface area contributed by atoms with E-state index in [4.69, 9.17) is 23.2 Å². The molecule has 0 aliphatic heterocycles. The van der Waals surface area contributed by atoms with E-state index in [-0.39, 0.29) is 27.8 Å². The summed E-state index contributed by atoms with van der Waals surface area (Å²) >= 11 is 11.6. The number of nitrogens with zero attached hydrogens (tertiary/aromatic N) is 2. The van der Waals surface area contributed by atoms with Crippen LogP contribution in [0.15, 0.2) is 30.3 Å². The van der Waals surface area contributed by atoms with Crippen LogP contribution in [0.2, 0.25) is 5.02 Å². The molecule has 108 valence electrons. The molecule has 21 heavy (non-hydrogen) atoms. The summed E-state index contributed by atoms with van der Waals surface area (Å²) in [5, 5.41) is 0.157. The Morgan fingerprint density at radius 1 is 1.00 bits per heavy atom. The Hall–Kier alpha value is -1.72. The van der Waals surface area contributed by atoms with Crippen LogP contribution in [0.1, 0.15) is 5.82 Å². The van der Waals surface area contributed by atoms with Gasteiger partial charge in [-0.1, -0.05) is 11.6 Å². The van der Waals surface area contributed by atoms with Crippen LogP contribution < -0.4 is 0 Å². The normalized spacial score (nSPS) is 11.3. The Morgan fingerprint density at radius 2 is 1.71 bits per heavy atom. The first kappa shape index (κ1) is 14.2. The third kappa shape index (κ3) is 2.47. The summed E-state index contributed by atoms with van der Waals surface area (Å²) in [5.41, 5.74) is 0.417. The second-order valence-corrected chi connectivity index (χ2v) is 5.08. The number of alkyl halides is 1. The number of halogens is 5. The fraction of sp³-hybridized carbons (Fsp3) is 0.0714. The Kier molecular flexibility index (Phi) is 3.55. The molecule has 0 radical (unpaired) electrons. The molecule has 2 aromatic carbocycles. The number of aromatic nitrogens is 2. The maximum atomic E-state index is 13.8. The summed E-state index contributed by atoms with van der Waals surface area (Å²) < 4.78 is 42.1. The van der Waals surface area contributed by atoms with E-state index in [0.29, 0.717) is 5.69 Å². The average molecular weight is 331 g/mol. The third-order valence-electron chi connectivity index (χ3n) is 2.97. The topological polar surface area (TPSA) is 17.8 Å². The lowest BCUT2D eigenvalue weighted by atomic mass is 10.2. The van der Waals surface area contributed by atoms with Gasteiger partial charge in [0.1, 0.15) is 23.0 Å². The highest BCUT2D eigenvalue weighted by Crippen LogP contribution is 2.27. The zero-order valence-electron chi connectivity index (χ0n) is 10.4. The second kappa shape index (κ2) is 5.24. The van der Waals surface area contributed by atoms with Crippen molar-refractivity contribution in [3.63, 3.8) is 0 Å². The lowest BCUT2D eigenvalue weighted by molar-refractivity contribution is 0.590. The fourth-order valence-corrected chi connectivity index (χ4v) is 2.59. The Bertz CT molecular complexity index is 826. The van der Waals surface area contributed by atoms with Crippen molar-refractivity contribution in [3.8, 4) is 5.69 Å². The maximum Gasteiger partial charge on any atom is 0.153 e. The SMILES string of the molecule is Fc1cc(Cl)cc(-n2c(CCl)nc3c(F)cc(F)cc32)c1. The van der Waals surface area contributed by atoms with Gasteiger partial charge in [0.15, 0.2) is 5.82 Å². The summed E-state index contributed by atoms with van der Waals surface area (Å²) in [5.74, 6) is -1.93. The van der Waals surface area contributed by atoms with E-state index in [9.17, 15) is 13.2 Å². The molecule has 3 aromatic rings. The number of fused-ring (bicyclic) bond motifs is 1.